The van der Waals surface area contributed by atoms with Gasteiger partial charge >= 0.3 is 0 Å². The molecule has 1 aromatic carbocycles. The Morgan fingerprint density at radius 1 is 1.05 bits per heavy atom. The molecule has 0 unspecified atom stereocenters. The normalized spacial score (nSPS) is 10.9. The first-order valence-electron chi connectivity index (χ1n) is 6.76. The molecule has 2 aromatic rings. The van der Waals surface area contributed by atoms with Gasteiger partial charge in [-0.15, -0.1) is 0 Å². The van der Waals surface area contributed by atoms with Gasteiger partial charge in [-0.1, -0.05) is 48.0 Å². The fourth-order valence-corrected chi connectivity index (χ4v) is 2.30. The first kappa shape index (κ1) is 15.0. The van der Waals surface area contributed by atoms with Gasteiger partial charge in [0.05, 0.1) is 6.61 Å². The van der Waals surface area contributed by atoms with Crippen LogP contribution in [0.15, 0.2) is 48.7 Å². The fraction of sp³-hybridized carbons (Fsp3) is 0.312. The van der Waals surface area contributed by atoms with Crippen molar-refractivity contribution in [1.29, 1.82) is 0 Å². The zero-order valence-corrected chi connectivity index (χ0v) is 12.1. The van der Waals surface area contributed by atoms with E-state index in [1.54, 1.807) is 6.20 Å². The largest absolute Gasteiger partial charge is 0.395 e. The molecule has 1 heterocycles. The highest BCUT2D eigenvalue weighted by atomic mass is 35.5. The van der Waals surface area contributed by atoms with E-state index in [1.165, 1.54) is 5.56 Å². The molecule has 106 valence electrons. The Balaban J connectivity index is 1.95. The molecule has 0 aliphatic heterocycles. The average molecular weight is 291 g/mol. The lowest BCUT2D eigenvalue weighted by Gasteiger charge is -2.21. The Labute approximate surface area is 124 Å². The first-order chi connectivity index (χ1) is 9.79. The van der Waals surface area contributed by atoms with Gasteiger partial charge in [0.1, 0.15) is 5.15 Å². The summed E-state index contributed by atoms with van der Waals surface area (Å²) in [7, 11) is 0. The minimum absolute atomic E-state index is 0.146. The molecule has 0 aliphatic carbocycles. The number of aliphatic hydroxyl groups excluding tert-OH is 1. The van der Waals surface area contributed by atoms with Gasteiger partial charge in [-0.3, -0.25) is 4.90 Å². The van der Waals surface area contributed by atoms with Gasteiger partial charge in [-0.25, -0.2) is 4.98 Å². The second kappa shape index (κ2) is 8.00. The fourth-order valence-electron chi connectivity index (χ4n) is 2.12. The van der Waals surface area contributed by atoms with Crippen LogP contribution in [0, 0.1) is 0 Å². The number of hydrogen-bond acceptors (Lipinski definition) is 3. The number of aliphatic hydroxyl groups is 1. The molecule has 0 spiro atoms. The number of nitrogens with zero attached hydrogens (tertiary/aromatic N) is 2. The number of aromatic nitrogens is 1. The Bertz CT molecular complexity index is 519. The van der Waals surface area contributed by atoms with Crippen LogP contribution >= 0.6 is 11.6 Å². The highest BCUT2D eigenvalue weighted by Crippen LogP contribution is 2.14. The number of benzene rings is 1. The summed E-state index contributed by atoms with van der Waals surface area (Å²) in [6.07, 6.45) is 2.64. The Kier molecular flexibility index (Phi) is 5.99. The maximum absolute atomic E-state index is 9.19. The summed E-state index contributed by atoms with van der Waals surface area (Å²) in [6, 6.07) is 14.2. The predicted molar refractivity (Wildman–Crippen MR) is 81.8 cm³/mol. The maximum Gasteiger partial charge on any atom is 0.133 e. The third kappa shape index (κ3) is 4.60. The van der Waals surface area contributed by atoms with Crippen LogP contribution in [0.4, 0.5) is 0 Å². The van der Waals surface area contributed by atoms with Crippen molar-refractivity contribution < 1.29 is 5.11 Å². The number of halogens is 1. The molecule has 0 saturated carbocycles. The van der Waals surface area contributed by atoms with E-state index in [0.717, 1.165) is 18.5 Å². The second-order valence-electron chi connectivity index (χ2n) is 4.69. The van der Waals surface area contributed by atoms with Gasteiger partial charge < -0.3 is 5.11 Å². The number of hydrogen-bond donors (Lipinski definition) is 1. The molecule has 0 fully saturated rings. The zero-order valence-electron chi connectivity index (χ0n) is 11.4. The summed E-state index contributed by atoms with van der Waals surface area (Å²) in [4.78, 5) is 6.28. The lowest BCUT2D eigenvalue weighted by atomic mass is 10.1. The second-order valence-corrected chi connectivity index (χ2v) is 5.05. The molecule has 0 amide bonds. The molecular weight excluding hydrogens is 272 g/mol. The van der Waals surface area contributed by atoms with Crippen molar-refractivity contribution in [3.05, 3.63) is 64.9 Å². The lowest BCUT2D eigenvalue weighted by Crippen LogP contribution is -2.29. The van der Waals surface area contributed by atoms with Crippen molar-refractivity contribution in [2.24, 2.45) is 0 Å². The third-order valence-electron chi connectivity index (χ3n) is 3.21. The third-order valence-corrected chi connectivity index (χ3v) is 3.55. The van der Waals surface area contributed by atoms with Crippen molar-refractivity contribution in [3.8, 4) is 0 Å². The predicted octanol–water partition coefficient (Wildman–Crippen LogP) is 2.77. The molecule has 0 atom stereocenters. The van der Waals surface area contributed by atoms with Crippen LogP contribution in [0.1, 0.15) is 11.1 Å². The summed E-state index contributed by atoms with van der Waals surface area (Å²) in [6.45, 7) is 2.38. The van der Waals surface area contributed by atoms with E-state index in [1.807, 2.05) is 30.3 Å². The van der Waals surface area contributed by atoms with Gasteiger partial charge in [0.15, 0.2) is 0 Å². The van der Waals surface area contributed by atoms with Gasteiger partial charge in [-0.2, -0.15) is 0 Å². The lowest BCUT2D eigenvalue weighted by molar-refractivity contribution is 0.191. The SMILES string of the molecule is OCCN(CCc1ccccc1)Cc1cccnc1Cl. The summed E-state index contributed by atoms with van der Waals surface area (Å²) in [5.74, 6) is 0. The van der Waals surface area contributed by atoms with Gasteiger partial charge in [-0.05, 0) is 18.1 Å². The van der Waals surface area contributed by atoms with E-state index >= 15 is 0 Å². The van der Waals surface area contributed by atoms with E-state index in [0.29, 0.717) is 18.2 Å². The van der Waals surface area contributed by atoms with Crippen molar-refractivity contribution in [2.75, 3.05) is 19.7 Å². The molecule has 4 heteroatoms. The summed E-state index contributed by atoms with van der Waals surface area (Å²) < 4.78 is 0. The highest BCUT2D eigenvalue weighted by Gasteiger charge is 2.08. The molecule has 3 nitrogen and oxygen atoms in total. The molecule has 2 rings (SSSR count). The first-order valence-corrected chi connectivity index (χ1v) is 7.14. The van der Waals surface area contributed by atoms with Gasteiger partial charge in [0, 0.05) is 31.4 Å². The topological polar surface area (TPSA) is 36.4 Å². The van der Waals surface area contributed by atoms with E-state index in [9.17, 15) is 5.11 Å². The monoisotopic (exact) mass is 290 g/mol. The van der Waals surface area contributed by atoms with Crippen molar-refractivity contribution in [1.82, 2.24) is 9.88 Å². The van der Waals surface area contributed by atoms with Crippen molar-refractivity contribution >= 4 is 11.6 Å². The smallest absolute Gasteiger partial charge is 0.133 e. The van der Waals surface area contributed by atoms with Crippen LogP contribution in [0.25, 0.3) is 0 Å². The minimum Gasteiger partial charge on any atom is -0.395 e. The van der Waals surface area contributed by atoms with Crippen LogP contribution in [0.5, 0.6) is 0 Å². The van der Waals surface area contributed by atoms with Crippen LogP contribution < -0.4 is 0 Å². The zero-order chi connectivity index (χ0) is 14.2. The summed E-state index contributed by atoms with van der Waals surface area (Å²) in [5.41, 5.74) is 2.29. The van der Waals surface area contributed by atoms with Crippen LogP contribution in [-0.4, -0.2) is 34.7 Å². The standard InChI is InChI=1S/C16H19ClN2O/c17-16-15(7-4-9-18-16)13-19(11-12-20)10-8-14-5-2-1-3-6-14/h1-7,9,20H,8,10-13H2. The summed E-state index contributed by atoms with van der Waals surface area (Å²) in [5, 5.41) is 9.73. The quantitative estimate of drug-likeness (QED) is 0.797. The Morgan fingerprint density at radius 3 is 2.55 bits per heavy atom. The van der Waals surface area contributed by atoms with Crippen LogP contribution in [0.3, 0.4) is 0 Å². The van der Waals surface area contributed by atoms with E-state index in [-0.39, 0.29) is 6.61 Å². The van der Waals surface area contributed by atoms with Crippen LogP contribution in [0.2, 0.25) is 5.15 Å². The molecule has 20 heavy (non-hydrogen) atoms. The van der Waals surface area contributed by atoms with E-state index in [2.05, 4.69) is 22.0 Å². The Morgan fingerprint density at radius 2 is 1.85 bits per heavy atom. The van der Waals surface area contributed by atoms with E-state index < -0.39 is 0 Å². The van der Waals surface area contributed by atoms with E-state index in [4.69, 9.17) is 11.6 Å². The molecule has 0 radical (unpaired) electrons. The Hall–Kier alpha value is -1.42. The molecular formula is C16H19ClN2O. The number of pyridine rings is 1. The maximum atomic E-state index is 9.19. The average Bonchev–Trinajstić information content (AvgIpc) is 2.48. The van der Waals surface area contributed by atoms with Gasteiger partial charge in [0.2, 0.25) is 0 Å². The highest BCUT2D eigenvalue weighted by molar-refractivity contribution is 6.30. The minimum atomic E-state index is 0.146. The van der Waals surface area contributed by atoms with Gasteiger partial charge in [0.25, 0.3) is 0 Å². The van der Waals surface area contributed by atoms with Crippen molar-refractivity contribution in [3.63, 3.8) is 0 Å². The molecule has 0 aliphatic rings. The molecule has 0 saturated heterocycles. The molecule has 1 aromatic heterocycles. The van der Waals surface area contributed by atoms with Crippen molar-refractivity contribution in [2.45, 2.75) is 13.0 Å². The molecule has 0 bridgehead atoms. The van der Waals surface area contributed by atoms with Crippen LogP contribution in [-0.2, 0) is 13.0 Å². The summed E-state index contributed by atoms with van der Waals surface area (Å²) >= 11 is 6.09. The molecule has 1 N–H and O–H groups in total. The number of rotatable bonds is 7.